The van der Waals surface area contributed by atoms with Crippen LogP contribution in [-0.4, -0.2) is 37.3 Å². The highest BCUT2D eigenvalue weighted by molar-refractivity contribution is 6.05. The zero-order chi connectivity index (χ0) is 19.6. The fourth-order valence-electron chi connectivity index (χ4n) is 4.80. The third kappa shape index (κ3) is 2.65. The van der Waals surface area contributed by atoms with Gasteiger partial charge in [0.25, 0.3) is 5.91 Å². The van der Waals surface area contributed by atoms with Crippen LogP contribution in [0.1, 0.15) is 42.6 Å². The van der Waals surface area contributed by atoms with Gasteiger partial charge in [0.05, 0.1) is 28.9 Å². The number of hydrogen-bond acceptors (Lipinski definition) is 3. The standard InChI is InChI=1S/C23H25N3O2/c1-23(2,28)21(14-7-8-14)26-13-16-5-4-6-18(20(16)22(26)27)15-9-10-19-17(11-15)12-24-25(19)3/h4-6,9-12,14,21,28H,7-8,13H2,1-3H3. The molecule has 2 heterocycles. The lowest BCUT2D eigenvalue weighted by atomic mass is 9.92. The van der Waals surface area contributed by atoms with Gasteiger partial charge in [0.1, 0.15) is 0 Å². The molecule has 0 bridgehead atoms. The smallest absolute Gasteiger partial charge is 0.255 e. The summed E-state index contributed by atoms with van der Waals surface area (Å²) in [5.74, 6) is 0.435. The van der Waals surface area contributed by atoms with Crippen molar-refractivity contribution < 1.29 is 9.90 Å². The average Bonchev–Trinajstić information content (AvgIpc) is 3.33. The number of aromatic nitrogens is 2. The summed E-state index contributed by atoms with van der Waals surface area (Å²) >= 11 is 0. The normalized spacial score (nSPS) is 18.0. The van der Waals surface area contributed by atoms with Crippen molar-refractivity contribution in [3.63, 3.8) is 0 Å². The highest BCUT2D eigenvalue weighted by atomic mass is 16.3. The number of carbonyl (C=O) groups excluding carboxylic acids is 1. The molecule has 1 N–H and O–H groups in total. The molecule has 3 aromatic rings. The molecule has 0 spiro atoms. The van der Waals surface area contributed by atoms with Crippen molar-refractivity contribution in [1.82, 2.24) is 14.7 Å². The molecule has 1 unspecified atom stereocenters. The highest BCUT2D eigenvalue weighted by Crippen LogP contribution is 2.44. The second kappa shape index (κ2) is 5.92. The summed E-state index contributed by atoms with van der Waals surface area (Å²) in [6.07, 6.45) is 4.02. The number of aryl methyl sites for hydroxylation is 1. The molecule has 2 aliphatic rings. The number of carbonyl (C=O) groups is 1. The van der Waals surface area contributed by atoms with Gasteiger partial charge in [0, 0.05) is 19.0 Å². The summed E-state index contributed by atoms with van der Waals surface area (Å²) in [6.45, 7) is 4.22. The van der Waals surface area contributed by atoms with Gasteiger partial charge >= 0.3 is 0 Å². The molecule has 2 aromatic carbocycles. The number of hydrogen-bond donors (Lipinski definition) is 1. The van der Waals surface area contributed by atoms with E-state index in [4.69, 9.17) is 0 Å². The van der Waals surface area contributed by atoms with Crippen molar-refractivity contribution >= 4 is 16.8 Å². The van der Waals surface area contributed by atoms with Crippen molar-refractivity contribution in [2.45, 2.75) is 44.9 Å². The minimum absolute atomic E-state index is 0.0379. The molecule has 1 amide bonds. The molecule has 5 rings (SSSR count). The first-order valence-corrected chi connectivity index (χ1v) is 9.92. The first kappa shape index (κ1) is 17.4. The monoisotopic (exact) mass is 375 g/mol. The maximum absolute atomic E-state index is 13.5. The minimum atomic E-state index is -0.909. The van der Waals surface area contributed by atoms with Crippen molar-refractivity contribution in [3.05, 3.63) is 53.7 Å². The zero-order valence-electron chi connectivity index (χ0n) is 16.5. The number of benzene rings is 2. The zero-order valence-corrected chi connectivity index (χ0v) is 16.5. The maximum Gasteiger partial charge on any atom is 0.255 e. The maximum atomic E-state index is 13.5. The van der Waals surface area contributed by atoms with Crippen LogP contribution in [0.5, 0.6) is 0 Å². The molecule has 28 heavy (non-hydrogen) atoms. The van der Waals surface area contributed by atoms with E-state index < -0.39 is 5.60 Å². The SMILES string of the molecule is Cn1ncc2cc(-c3cccc4c3C(=O)N(C(C3CC3)C(C)(C)O)C4)ccc21. The van der Waals surface area contributed by atoms with E-state index in [1.165, 1.54) is 0 Å². The quantitative estimate of drug-likeness (QED) is 0.756. The van der Waals surface area contributed by atoms with E-state index in [1.807, 2.05) is 54.9 Å². The van der Waals surface area contributed by atoms with Crippen LogP contribution in [0, 0.1) is 5.92 Å². The van der Waals surface area contributed by atoms with Crippen LogP contribution in [0.15, 0.2) is 42.6 Å². The van der Waals surface area contributed by atoms with E-state index in [0.717, 1.165) is 46.0 Å². The van der Waals surface area contributed by atoms with Crippen molar-refractivity contribution in [3.8, 4) is 11.1 Å². The molecular weight excluding hydrogens is 350 g/mol. The average molecular weight is 375 g/mol. The lowest BCUT2D eigenvalue weighted by Gasteiger charge is -2.37. The van der Waals surface area contributed by atoms with Gasteiger partial charge in [0.2, 0.25) is 0 Å². The second-order valence-corrected chi connectivity index (χ2v) is 8.75. The van der Waals surface area contributed by atoms with Gasteiger partial charge in [-0.05, 0) is 61.4 Å². The number of amides is 1. The highest BCUT2D eigenvalue weighted by Gasteiger charge is 2.48. The van der Waals surface area contributed by atoms with Crippen LogP contribution in [0.2, 0.25) is 0 Å². The van der Waals surface area contributed by atoms with Crippen molar-refractivity contribution in [1.29, 1.82) is 0 Å². The van der Waals surface area contributed by atoms with Gasteiger partial charge in [-0.2, -0.15) is 5.10 Å². The molecular formula is C23H25N3O2. The van der Waals surface area contributed by atoms with Gasteiger partial charge in [-0.3, -0.25) is 9.48 Å². The Labute approximate surface area is 164 Å². The first-order chi connectivity index (χ1) is 13.3. The molecule has 1 aliphatic heterocycles. The Morgan fingerprint density at radius 1 is 1.21 bits per heavy atom. The number of fused-ring (bicyclic) bond motifs is 2. The topological polar surface area (TPSA) is 58.4 Å². The van der Waals surface area contributed by atoms with Gasteiger partial charge < -0.3 is 10.0 Å². The van der Waals surface area contributed by atoms with E-state index in [0.29, 0.717) is 12.5 Å². The molecule has 5 heteroatoms. The Hall–Kier alpha value is -2.66. The van der Waals surface area contributed by atoms with Gasteiger partial charge in [-0.1, -0.05) is 24.3 Å². The van der Waals surface area contributed by atoms with E-state index in [9.17, 15) is 9.90 Å². The van der Waals surface area contributed by atoms with Crippen LogP contribution < -0.4 is 0 Å². The lowest BCUT2D eigenvalue weighted by Crippen LogP contribution is -2.51. The molecule has 0 radical (unpaired) electrons. The van der Waals surface area contributed by atoms with Gasteiger partial charge in [0.15, 0.2) is 0 Å². The van der Waals surface area contributed by atoms with Crippen molar-refractivity contribution in [2.24, 2.45) is 13.0 Å². The summed E-state index contributed by atoms with van der Waals surface area (Å²) in [5.41, 5.74) is 3.97. The minimum Gasteiger partial charge on any atom is -0.388 e. The third-order valence-corrected chi connectivity index (χ3v) is 6.15. The third-order valence-electron chi connectivity index (χ3n) is 6.15. The Balaban J connectivity index is 1.58. The molecule has 5 nitrogen and oxygen atoms in total. The van der Waals surface area contributed by atoms with E-state index in [1.54, 1.807) is 0 Å². The predicted molar refractivity (Wildman–Crippen MR) is 109 cm³/mol. The van der Waals surface area contributed by atoms with E-state index in [-0.39, 0.29) is 11.9 Å². The van der Waals surface area contributed by atoms with Crippen LogP contribution in [0.25, 0.3) is 22.0 Å². The summed E-state index contributed by atoms with van der Waals surface area (Å²) in [6, 6.07) is 12.2. The summed E-state index contributed by atoms with van der Waals surface area (Å²) in [5, 5.41) is 16.1. The fraction of sp³-hybridized carbons (Fsp3) is 0.391. The Bertz CT molecular complexity index is 1090. The lowest BCUT2D eigenvalue weighted by molar-refractivity contribution is -0.0224. The molecule has 1 aromatic heterocycles. The van der Waals surface area contributed by atoms with Crippen LogP contribution >= 0.6 is 0 Å². The predicted octanol–water partition coefficient (Wildman–Crippen LogP) is 3.75. The molecule has 1 saturated carbocycles. The summed E-state index contributed by atoms with van der Waals surface area (Å²) in [4.78, 5) is 15.4. The van der Waals surface area contributed by atoms with E-state index >= 15 is 0 Å². The summed E-state index contributed by atoms with van der Waals surface area (Å²) in [7, 11) is 1.93. The molecule has 1 atom stereocenters. The number of aliphatic hydroxyl groups is 1. The summed E-state index contributed by atoms with van der Waals surface area (Å²) < 4.78 is 1.85. The molecule has 0 saturated heterocycles. The number of rotatable bonds is 4. The Kier molecular flexibility index (Phi) is 3.68. The molecule has 1 fully saturated rings. The molecule has 1 aliphatic carbocycles. The Morgan fingerprint density at radius 2 is 2.00 bits per heavy atom. The van der Waals surface area contributed by atoms with Crippen LogP contribution in [-0.2, 0) is 13.6 Å². The van der Waals surface area contributed by atoms with Crippen LogP contribution in [0.4, 0.5) is 0 Å². The van der Waals surface area contributed by atoms with Crippen molar-refractivity contribution in [2.75, 3.05) is 0 Å². The van der Waals surface area contributed by atoms with Gasteiger partial charge in [-0.15, -0.1) is 0 Å². The van der Waals surface area contributed by atoms with Crippen LogP contribution in [0.3, 0.4) is 0 Å². The van der Waals surface area contributed by atoms with Gasteiger partial charge in [-0.25, -0.2) is 0 Å². The molecule has 144 valence electrons. The fourth-order valence-corrected chi connectivity index (χ4v) is 4.80. The Morgan fingerprint density at radius 3 is 2.71 bits per heavy atom. The first-order valence-electron chi connectivity index (χ1n) is 9.92. The largest absolute Gasteiger partial charge is 0.388 e. The number of nitrogens with zero attached hydrogens (tertiary/aromatic N) is 3. The van der Waals surface area contributed by atoms with E-state index in [2.05, 4.69) is 23.3 Å². The second-order valence-electron chi connectivity index (χ2n) is 8.75.